The van der Waals surface area contributed by atoms with Gasteiger partial charge in [-0.15, -0.1) is 0 Å². The molecule has 0 aromatic heterocycles. The van der Waals surface area contributed by atoms with Crippen molar-refractivity contribution in [1.29, 1.82) is 0 Å². The maximum Gasteiger partial charge on any atom is 0.241 e. The zero-order valence-corrected chi connectivity index (χ0v) is 16.3. The molecule has 0 saturated heterocycles. The first-order valence-corrected chi connectivity index (χ1v) is 8.92. The summed E-state index contributed by atoms with van der Waals surface area (Å²) in [6.07, 6.45) is 0. The number of aliphatic imine (C=N–C) groups is 1. The van der Waals surface area contributed by atoms with Gasteiger partial charge in [0.05, 0.1) is 19.1 Å². The van der Waals surface area contributed by atoms with Gasteiger partial charge < -0.3 is 15.5 Å². The number of hydrogen-bond acceptors (Lipinski definition) is 2. The van der Waals surface area contributed by atoms with Crippen LogP contribution in [-0.2, 0) is 11.3 Å². The summed E-state index contributed by atoms with van der Waals surface area (Å²) in [6, 6.07) is 15.0. The highest BCUT2D eigenvalue weighted by molar-refractivity contribution is 5.86. The Bertz CT molecular complexity index is 790. The number of likely N-dealkylation sites (N-methyl/N-ethyl adjacent to an activating group) is 1. The third-order valence-electron chi connectivity index (χ3n) is 4.21. The summed E-state index contributed by atoms with van der Waals surface area (Å²) < 4.78 is 13.7. The number of nitrogens with one attached hydrogen (secondary N) is 2. The third kappa shape index (κ3) is 6.40. The van der Waals surface area contributed by atoms with Gasteiger partial charge in [-0.25, -0.2) is 9.38 Å². The van der Waals surface area contributed by atoms with Crippen molar-refractivity contribution in [2.45, 2.75) is 26.4 Å². The van der Waals surface area contributed by atoms with Crippen molar-refractivity contribution < 1.29 is 9.18 Å². The van der Waals surface area contributed by atoms with Crippen molar-refractivity contribution >= 4 is 11.9 Å². The minimum absolute atomic E-state index is 0.00154. The monoisotopic (exact) mass is 370 g/mol. The summed E-state index contributed by atoms with van der Waals surface area (Å²) in [5.74, 6) is 0.200. The van der Waals surface area contributed by atoms with Crippen LogP contribution in [0.5, 0.6) is 0 Å². The molecule has 2 aromatic carbocycles. The molecule has 5 nitrogen and oxygen atoms in total. The smallest absolute Gasteiger partial charge is 0.241 e. The number of nitrogens with zero attached hydrogens (tertiary/aromatic N) is 2. The highest BCUT2D eigenvalue weighted by atomic mass is 19.1. The van der Waals surface area contributed by atoms with E-state index in [1.54, 1.807) is 27.1 Å². The zero-order valence-electron chi connectivity index (χ0n) is 16.3. The van der Waals surface area contributed by atoms with Crippen molar-refractivity contribution in [2.75, 3.05) is 20.6 Å². The summed E-state index contributed by atoms with van der Waals surface area (Å²) in [6.45, 7) is 4.18. The molecule has 0 bridgehead atoms. The first kappa shape index (κ1) is 20.4. The van der Waals surface area contributed by atoms with E-state index < -0.39 is 0 Å². The van der Waals surface area contributed by atoms with Crippen LogP contribution in [0.25, 0.3) is 0 Å². The van der Waals surface area contributed by atoms with Gasteiger partial charge in [-0.1, -0.05) is 42.5 Å². The van der Waals surface area contributed by atoms with Crippen LogP contribution in [0.1, 0.15) is 29.7 Å². The normalized spacial score (nSPS) is 12.4. The van der Waals surface area contributed by atoms with Gasteiger partial charge in [0.2, 0.25) is 5.91 Å². The third-order valence-corrected chi connectivity index (χ3v) is 4.21. The lowest BCUT2D eigenvalue weighted by atomic mass is 10.1. The Hall–Kier alpha value is -2.89. The van der Waals surface area contributed by atoms with Crippen molar-refractivity contribution in [2.24, 2.45) is 4.99 Å². The molecule has 27 heavy (non-hydrogen) atoms. The summed E-state index contributed by atoms with van der Waals surface area (Å²) in [5.41, 5.74) is 2.48. The Morgan fingerprint density at radius 2 is 1.89 bits per heavy atom. The number of aryl methyl sites for hydroxylation is 1. The number of carbonyl (C=O) groups is 1. The summed E-state index contributed by atoms with van der Waals surface area (Å²) in [7, 11) is 3.41. The Kier molecular flexibility index (Phi) is 7.34. The molecule has 0 fully saturated rings. The van der Waals surface area contributed by atoms with E-state index in [0.717, 1.165) is 11.1 Å². The molecule has 2 N–H and O–H groups in total. The van der Waals surface area contributed by atoms with E-state index in [4.69, 9.17) is 0 Å². The molecule has 0 spiro atoms. The molecule has 144 valence electrons. The van der Waals surface area contributed by atoms with Crippen molar-refractivity contribution in [3.8, 4) is 0 Å². The van der Waals surface area contributed by atoms with Gasteiger partial charge in [-0.2, -0.15) is 0 Å². The molecule has 1 amide bonds. The molecule has 0 aliphatic carbocycles. The van der Waals surface area contributed by atoms with E-state index in [0.29, 0.717) is 18.1 Å². The Morgan fingerprint density at radius 1 is 1.19 bits per heavy atom. The van der Waals surface area contributed by atoms with Crippen molar-refractivity contribution in [1.82, 2.24) is 15.5 Å². The molecule has 6 heteroatoms. The average Bonchev–Trinajstić information content (AvgIpc) is 2.66. The van der Waals surface area contributed by atoms with Crippen LogP contribution in [0, 0.1) is 12.7 Å². The van der Waals surface area contributed by atoms with Crippen molar-refractivity contribution in [3.05, 3.63) is 71.0 Å². The highest BCUT2D eigenvalue weighted by Gasteiger charge is 2.10. The van der Waals surface area contributed by atoms with Crippen LogP contribution >= 0.6 is 0 Å². The number of hydrogen-bond donors (Lipinski definition) is 2. The molecule has 0 heterocycles. The Balaban J connectivity index is 2.12. The van der Waals surface area contributed by atoms with Gasteiger partial charge in [0, 0.05) is 14.1 Å². The number of guanidine groups is 1. The van der Waals surface area contributed by atoms with Gasteiger partial charge in [-0.3, -0.25) is 4.79 Å². The Labute approximate surface area is 160 Å². The highest BCUT2D eigenvalue weighted by Crippen LogP contribution is 2.12. The fourth-order valence-electron chi connectivity index (χ4n) is 2.41. The van der Waals surface area contributed by atoms with Crippen LogP contribution in [0.4, 0.5) is 4.39 Å². The van der Waals surface area contributed by atoms with Gasteiger partial charge in [0.25, 0.3) is 0 Å². The fourth-order valence-corrected chi connectivity index (χ4v) is 2.41. The Morgan fingerprint density at radius 3 is 2.52 bits per heavy atom. The van der Waals surface area contributed by atoms with E-state index in [1.807, 2.05) is 43.3 Å². The van der Waals surface area contributed by atoms with Gasteiger partial charge in [0.15, 0.2) is 5.96 Å². The quantitative estimate of drug-likeness (QED) is 0.607. The lowest BCUT2D eigenvalue weighted by molar-refractivity contribution is -0.127. The predicted octanol–water partition coefficient (Wildman–Crippen LogP) is 3.02. The molecule has 0 aliphatic rings. The summed E-state index contributed by atoms with van der Waals surface area (Å²) >= 11 is 0. The second-order valence-electron chi connectivity index (χ2n) is 6.67. The van der Waals surface area contributed by atoms with Gasteiger partial charge >= 0.3 is 0 Å². The molecular weight excluding hydrogens is 343 g/mol. The van der Waals surface area contributed by atoms with E-state index in [2.05, 4.69) is 15.6 Å². The number of rotatable bonds is 6. The zero-order chi connectivity index (χ0) is 19.8. The van der Waals surface area contributed by atoms with Crippen LogP contribution < -0.4 is 10.6 Å². The van der Waals surface area contributed by atoms with Crippen molar-refractivity contribution in [3.63, 3.8) is 0 Å². The minimum Gasteiger partial charge on any atom is -0.350 e. The van der Waals surface area contributed by atoms with Crippen LogP contribution in [-0.4, -0.2) is 37.4 Å². The van der Waals surface area contributed by atoms with Crippen LogP contribution in [0.2, 0.25) is 0 Å². The van der Waals surface area contributed by atoms with E-state index in [-0.39, 0.29) is 24.3 Å². The lowest BCUT2D eigenvalue weighted by Crippen LogP contribution is -2.43. The molecule has 2 rings (SSSR count). The second-order valence-corrected chi connectivity index (χ2v) is 6.67. The number of benzene rings is 2. The molecule has 1 atom stereocenters. The number of carbonyl (C=O) groups excluding carboxylic acids is 1. The lowest BCUT2D eigenvalue weighted by Gasteiger charge is -2.19. The van der Waals surface area contributed by atoms with E-state index >= 15 is 0 Å². The van der Waals surface area contributed by atoms with E-state index in [1.165, 1.54) is 11.0 Å². The SMILES string of the molecule is Cc1ccc(CN=C(NCC(=O)N(C)C)NC(C)c2ccccc2)cc1F. The summed E-state index contributed by atoms with van der Waals surface area (Å²) in [5, 5.41) is 6.35. The first-order chi connectivity index (χ1) is 12.9. The summed E-state index contributed by atoms with van der Waals surface area (Å²) in [4.78, 5) is 17.9. The number of halogens is 1. The van der Waals surface area contributed by atoms with Gasteiger partial charge in [0.1, 0.15) is 5.82 Å². The first-order valence-electron chi connectivity index (χ1n) is 8.92. The maximum atomic E-state index is 13.7. The standard InChI is InChI=1S/C21H27FN4O/c1-15-10-11-17(12-19(15)22)13-23-21(24-14-20(27)26(3)4)25-16(2)18-8-6-5-7-9-18/h5-12,16H,13-14H2,1-4H3,(H2,23,24,25). The molecule has 2 aromatic rings. The van der Waals surface area contributed by atoms with E-state index in [9.17, 15) is 9.18 Å². The minimum atomic E-state index is -0.245. The topological polar surface area (TPSA) is 56.7 Å². The van der Waals surface area contributed by atoms with Crippen LogP contribution in [0.3, 0.4) is 0 Å². The second kappa shape index (κ2) is 9.71. The molecule has 0 saturated carbocycles. The molecule has 0 radical (unpaired) electrons. The molecule has 1 unspecified atom stereocenters. The molecular formula is C21H27FN4O. The number of amides is 1. The fraction of sp³-hybridized carbons (Fsp3) is 0.333. The predicted molar refractivity (Wildman–Crippen MR) is 107 cm³/mol. The largest absolute Gasteiger partial charge is 0.350 e. The maximum absolute atomic E-state index is 13.7. The molecule has 0 aliphatic heterocycles. The van der Waals surface area contributed by atoms with Crippen LogP contribution in [0.15, 0.2) is 53.5 Å². The average molecular weight is 370 g/mol. The van der Waals surface area contributed by atoms with Gasteiger partial charge in [-0.05, 0) is 36.6 Å².